The third kappa shape index (κ3) is 3.03. The predicted octanol–water partition coefficient (Wildman–Crippen LogP) is 2.53. The molecule has 4 rings (SSSR count). The molecule has 0 spiro atoms. The van der Waals surface area contributed by atoms with Crippen LogP contribution in [0.3, 0.4) is 0 Å². The van der Waals surface area contributed by atoms with E-state index in [1.165, 1.54) is 16.8 Å². The summed E-state index contributed by atoms with van der Waals surface area (Å²) in [5, 5.41) is 0. The second-order valence-electron chi connectivity index (χ2n) is 7.22. The van der Waals surface area contributed by atoms with Crippen LogP contribution in [0.15, 0.2) is 48.5 Å². The lowest BCUT2D eigenvalue weighted by atomic mass is 9.97. The Bertz CT molecular complexity index is 971. The van der Waals surface area contributed by atoms with Crippen molar-refractivity contribution in [3.8, 4) is 5.75 Å². The highest BCUT2D eigenvalue weighted by Crippen LogP contribution is 2.44. The number of hydrogen-bond donors (Lipinski definition) is 0. The van der Waals surface area contributed by atoms with Crippen molar-refractivity contribution < 1.29 is 23.9 Å². The van der Waals surface area contributed by atoms with Crippen LogP contribution in [-0.2, 0) is 14.3 Å². The number of carbonyl (C=O) groups is 3. The quantitative estimate of drug-likeness (QED) is 0.575. The number of amides is 2. The van der Waals surface area contributed by atoms with Crippen LogP contribution >= 0.6 is 0 Å². The molecule has 2 aromatic rings. The molecule has 0 aromatic heterocycles. The number of ether oxygens (including phenoxy) is 2. The van der Waals surface area contributed by atoms with E-state index >= 15 is 0 Å². The first kappa shape index (κ1) is 19.0. The lowest BCUT2D eigenvalue weighted by Crippen LogP contribution is -2.67. The highest BCUT2D eigenvalue weighted by molar-refractivity contribution is 6.15. The normalized spacial score (nSPS) is 20.3. The van der Waals surface area contributed by atoms with E-state index in [9.17, 15) is 14.4 Å². The van der Waals surface area contributed by atoms with Crippen molar-refractivity contribution in [1.29, 1.82) is 0 Å². The second kappa shape index (κ2) is 7.24. The van der Waals surface area contributed by atoms with Crippen LogP contribution in [0.1, 0.15) is 28.8 Å². The van der Waals surface area contributed by atoms with E-state index in [0.29, 0.717) is 17.0 Å². The summed E-state index contributed by atoms with van der Waals surface area (Å²) in [6, 6.07) is 14.4. The molecule has 2 aromatic carbocycles. The van der Waals surface area contributed by atoms with Crippen LogP contribution in [0, 0.1) is 6.92 Å². The van der Waals surface area contributed by atoms with E-state index in [1.807, 2.05) is 31.2 Å². The predicted molar refractivity (Wildman–Crippen MR) is 106 cm³/mol. The zero-order chi connectivity index (χ0) is 20.6. The third-order valence-corrected chi connectivity index (χ3v) is 5.47. The highest BCUT2D eigenvalue weighted by atomic mass is 16.6. The zero-order valence-electron chi connectivity index (χ0n) is 16.4. The van der Waals surface area contributed by atoms with Gasteiger partial charge in [-0.3, -0.25) is 14.5 Å². The van der Waals surface area contributed by atoms with E-state index in [1.54, 1.807) is 24.3 Å². The van der Waals surface area contributed by atoms with Crippen LogP contribution in [0.4, 0.5) is 5.69 Å². The minimum Gasteiger partial charge on any atom is -0.490 e. The molecule has 0 aliphatic carbocycles. The van der Waals surface area contributed by atoms with Crippen molar-refractivity contribution in [1.82, 2.24) is 4.90 Å². The molecule has 2 amide bonds. The number of anilines is 1. The molecule has 150 valence electrons. The summed E-state index contributed by atoms with van der Waals surface area (Å²) in [7, 11) is 1.54. The Balaban J connectivity index is 1.51. The minimum absolute atomic E-state index is 0.0141. The summed E-state index contributed by atoms with van der Waals surface area (Å²) >= 11 is 0. The Labute approximate surface area is 168 Å². The van der Waals surface area contributed by atoms with Gasteiger partial charge < -0.3 is 14.4 Å². The molecule has 1 saturated heterocycles. The van der Waals surface area contributed by atoms with Crippen molar-refractivity contribution >= 4 is 23.5 Å². The van der Waals surface area contributed by atoms with Crippen molar-refractivity contribution in [3.63, 3.8) is 0 Å². The Morgan fingerprint density at radius 3 is 2.55 bits per heavy atom. The zero-order valence-corrected chi connectivity index (χ0v) is 16.4. The molecule has 0 saturated carbocycles. The van der Waals surface area contributed by atoms with Gasteiger partial charge in [0.15, 0.2) is 0 Å². The molecule has 7 nitrogen and oxygen atoms in total. The lowest BCUT2D eigenvalue weighted by Gasteiger charge is -2.46. The first-order valence-corrected chi connectivity index (χ1v) is 9.52. The molecule has 0 radical (unpaired) electrons. The SMILES string of the molecule is Cc1ccc(OCCOC(=O)[C@]23CCC(=O)N2c2ccccc2C(=O)N3C)cc1. The fourth-order valence-corrected chi connectivity index (χ4v) is 3.93. The number of fused-ring (bicyclic) bond motifs is 3. The van der Waals surface area contributed by atoms with Gasteiger partial charge in [0.25, 0.3) is 5.91 Å². The number of benzene rings is 2. The van der Waals surface area contributed by atoms with E-state index in [2.05, 4.69) is 0 Å². The highest BCUT2D eigenvalue weighted by Gasteiger charge is 2.60. The number of para-hydroxylation sites is 1. The smallest absolute Gasteiger partial charge is 0.353 e. The Kier molecular flexibility index (Phi) is 4.74. The van der Waals surface area contributed by atoms with Crippen molar-refractivity contribution in [2.45, 2.75) is 25.4 Å². The average Bonchev–Trinajstić information content (AvgIpc) is 3.09. The maximum atomic E-state index is 13.1. The Hall–Kier alpha value is -3.35. The fourth-order valence-electron chi connectivity index (χ4n) is 3.93. The maximum Gasteiger partial charge on any atom is 0.353 e. The number of likely N-dealkylation sites (N-methyl/N-ethyl adjacent to an activating group) is 1. The van der Waals surface area contributed by atoms with Crippen LogP contribution in [-0.4, -0.2) is 48.6 Å². The van der Waals surface area contributed by atoms with E-state index in [0.717, 1.165) is 5.56 Å². The first-order valence-electron chi connectivity index (χ1n) is 9.52. The topological polar surface area (TPSA) is 76.1 Å². The summed E-state index contributed by atoms with van der Waals surface area (Å²) in [5.41, 5.74) is 0.522. The largest absolute Gasteiger partial charge is 0.490 e. The lowest BCUT2D eigenvalue weighted by molar-refractivity contribution is -0.157. The molecule has 1 fully saturated rings. The summed E-state index contributed by atoms with van der Waals surface area (Å²) in [6.07, 6.45) is 0.362. The fraction of sp³-hybridized carbons (Fsp3) is 0.318. The average molecular weight is 394 g/mol. The molecule has 7 heteroatoms. The molecular weight excluding hydrogens is 372 g/mol. The van der Waals surface area contributed by atoms with Crippen LogP contribution in [0.5, 0.6) is 5.75 Å². The summed E-state index contributed by atoms with van der Waals surface area (Å²) in [6.45, 7) is 2.17. The maximum absolute atomic E-state index is 13.1. The number of rotatable bonds is 5. The first-order chi connectivity index (χ1) is 13.9. The van der Waals surface area contributed by atoms with Gasteiger partial charge in [-0.15, -0.1) is 0 Å². The standard InChI is InChI=1S/C22H22N2O5/c1-15-7-9-16(10-8-15)28-13-14-29-21(27)22-12-11-19(25)24(22)18-6-4-3-5-17(18)20(26)23(22)2/h3-10H,11-14H2,1-2H3/t22-/m0/s1. The molecule has 0 N–H and O–H groups in total. The number of aryl methyl sites for hydroxylation is 1. The Morgan fingerprint density at radius 1 is 1.07 bits per heavy atom. The molecule has 0 bridgehead atoms. The van der Waals surface area contributed by atoms with Gasteiger partial charge in [0, 0.05) is 19.9 Å². The van der Waals surface area contributed by atoms with E-state index in [4.69, 9.17) is 9.47 Å². The van der Waals surface area contributed by atoms with Gasteiger partial charge in [0.05, 0.1) is 11.3 Å². The van der Waals surface area contributed by atoms with Crippen molar-refractivity contribution in [3.05, 3.63) is 59.7 Å². The van der Waals surface area contributed by atoms with Crippen molar-refractivity contribution in [2.24, 2.45) is 0 Å². The third-order valence-electron chi connectivity index (χ3n) is 5.47. The summed E-state index contributed by atoms with van der Waals surface area (Å²) < 4.78 is 11.1. The Morgan fingerprint density at radius 2 is 1.79 bits per heavy atom. The van der Waals surface area contributed by atoms with Gasteiger partial charge >= 0.3 is 5.97 Å². The summed E-state index contributed by atoms with van der Waals surface area (Å²) in [4.78, 5) is 41.3. The van der Waals surface area contributed by atoms with E-state index < -0.39 is 11.6 Å². The number of carbonyl (C=O) groups excluding carboxylic acids is 3. The van der Waals surface area contributed by atoms with Gasteiger partial charge in [0.1, 0.15) is 19.0 Å². The van der Waals surface area contributed by atoms with Gasteiger partial charge in [0.2, 0.25) is 11.6 Å². The molecule has 2 aliphatic heterocycles. The molecule has 29 heavy (non-hydrogen) atoms. The monoisotopic (exact) mass is 394 g/mol. The molecular formula is C22H22N2O5. The van der Waals surface area contributed by atoms with Crippen LogP contribution in [0.2, 0.25) is 0 Å². The van der Waals surface area contributed by atoms with Gasteiger partial charge in [-0.1, -0.05) is 29.8 Å². The number of hydrogen-bond acceptors (Lipinski definition) is 5. The van der Waals surface area contributed by atoms with Gasteiger partial charge in [-0.2, -0.15) is 0 Å². The minimum atomic E-state index is -1.45. The second-order valence-corrected chi connectivity index (χ2v) is 7.22. The molecule has 2 aliphatic rings. The number of esters is 1. The number of nitrogens with zero attached hydrogens (tertiary/aromatic N) is 2. The molecule has 1 atom stereocenters. The van der Waals surface area contributed by atoms with Crippen LogP contribution in [0.25, 0.3) is 0 Å². The summed E-state index contributed by atoms with van der Waals surface area (Å²) in [5.74, 6) is -0.452. The molecule has 2 heterocycles. The van der Waals surface area contributed by atoms with Crippen molar-refractivity contribution in [2.75, 3.05) is 25.2 Å². The van der Waals surface area contributed by atoms with Crippen LogP contribution < -0.4 is 9.64 Å². The van der Waals surface area contributed by atoms with Gasteiger partial charge in [-0.25, -0.2) is 4.79 Å². The van der Waals surface area contributed by atoms with E-state index in [-0.39, 0.29) is 37.9 Å². The molecule has 0 unspecified atom stereocenters. The van der Waals surface area contributed by atoms with Gasteiger partial charge in [-0.05, 0) is 31.2 Å².